The van der Waals surface area contributed by atoms with Crippen LogP contribution in [0, 0.1) is 6.92 Å². The molecule has 5 rings (SSSR count). The summed E-state index contributed by atoms with van der Waals surface area (Å²) in [6.45, 7) is 1.96. The normalized spacial score (nSPS) is 10.9. The van der Waals surface area contributed by atoms with Gasteiger partial charge in [-0.2, -0.15) is 0 Å². The minimum absolute atomic E-state index is 0.778. The van der Waals surface area contributed by atoms with Crippen LogP contribution in [-0.4, -0.2) is 9.97 Å². The highest BCUT2D eigenvalue weighted by molar-refractivity contribution is 6.05. The van der Waals surface area contributed by atoms with Crippen molar-refractivity contribution in [1.82, 2.24) is 9.97 Å². The fourth-order valence-electron chi connectivity index (χ4n) is 3.83. The quantitative estimate of drug-likeness (QED) is 0.343. The van der Waals surface area contributed by atoms with Crippen LogP contribution in [0.25, 0.3) is 44.4 Å². The van der Waals surface area contributed by atoms with Gasteiger partial charge in [0.1, 0.15) is 5.82 Å². The van der Waals surface area contributed by atoms with E-state index in [9.17, 15) is 0 Å². The lowest BCUT2D eigenvalue weighted by atomic mass is 9.92. The molecule has 0 atom stereocenters. The third-order valence-electron chi connectivity index (χ3n) is 5.15. The van der Waals surface area contributed by atoms with E-state index in [1.54, 1.807) is 0 Å². The third-order valence-corrected chi connectivity index (χ3v) is 5.15. The monoisotopic (exact) mass is 372 g/mol. The van der Waals surface area contributed by atoms with Gasteiger partial charge in [0, 0.05) is 10.9 Å². The minimum atomic E-state index is 0.778. The highest BCUT2D eigenvalue weighted by atomic mass is 14.9. The highest BCUT2D eigenvalue weighted by Crippen LogP contribution is 2.38. The first-order valence-corrected chi connectivity index (χ1v) is 9.78. The van der Waals surface area contributed by atoms with E-state index in [4.69, 9.17) is 9.97 Å². The molecule has 5 aromatic rings. The molecule has 0 amide bonds. The maximum absolute atomic E-state index is 4.85. The summed E-state index contributed by atoms with van der Waals surface area (Å²) in [5.41, 5.74) is 7.72. The molecule has 1 aromatic heterocycles. The molecule has 0 fully saturated rings. The fraction of sp³-hybridized carbons (Fsp3) is 0.0370. The van der Waals surface area contributed by atoms with Crippen molar-refractivity contribution in [3.05, 3.63) is 109 Å². The second-order valence-corrected chi connectivity index (χ2v) is 7.14. The van der Waals surface area contributed by atoms with Crippen molar-refractivity contribution in [3.8, 4) is 33.5 Å². The summed E-state index contributed by atoms with van der Waals surface area (Å²) >= 11 is 0. The summed E-state index contributed by atoms with van der Waals surface area (Å²) in [7, 11) is 0. The van der Waals surface area contributed by atoms with Crippen molar-refractivity contribution >= 4 is 10.9 Å². The zero-order chi connectivity index (χ0) is 19.6. The summed E-state index contributed by atoms with van der Waals surface area (Å²) in [4.78, 5) is 9.67. The van der Waals surface area contributed by atoms with Crippen LogP contribution in [0.2, 0.25) is 0 Å². The van der Waals surface area contributed by atoms with E-state index in [1.807, 2.05) is 25.1 Å². The molecule has 0 aliphatic heterocycles. The molecule has 0 spiro atoms. The first kappa shape index (κ1) is 17.3. The molecule has 2 nitrogen and oxygen atoms in total. The lowest BCUT2D eigenvalue weighted by Gasteiger charge is -2.15. The van der Waals surface area contributed by atoms with E-state index in [2.05, 4.69) is 84.9 Å². The Morgan fingerprint density at radius 3 is 1.69 bits per heavy atom. The SMILES string of the molecule is Cc1nc(-c2ccccc2)c2c(-c3ccccc3)cc(-c3ccccc3)cc2n1. The van der Waals surface area contributed by atoms with E-state index in [0.717, 1.165) is 39.1 Å². The number of hydrogen-bond acceptors (Lipinski definition) is 2. The first-order chi connectivity index (χ1) is 14.3. The van der Waals surface area contributed by atoms with Gasteiger partial charge in [-0.3, -0.25) is 0 Å². The maximum Gasteiger partial charge on any atom is 0.126 e. The maximum atomic E-state index is 4.85. The number of fused-ring (bicyclic) bond motifs is 1. The van der Waals surface area contributed by atoms with Crippen LogP contribution in [0.5, 0.6) is 0 Å². The fourth-order valence-corrected chi connectivity index (χ4v) is 3.83. The Bertz CT molecular complexity index is 1280. The Morgan fingerprint density at radius 2 is 1.07 bits per heavy atom. The zero-order valence-electron chi connectivity index (χ0n) is 16.2. The minimum Gasteiger partial charge on any atom is -0.233 e. The largest absolute Gasteiger partial charge is 0.233 e. The second kappa shape index (κ2) is 7.33. The van der Waals surface area contributed by atoms with Crippen LogP contribution in [0.4, 0.5) is 0 Å². The molecule has 0 aliphatic carbocycles. The lowest BCUT2D eigenvalue weighted by molar-refractivity contribution is 1.10. The Morgan fingerprint density at radius 1 is 0.517 bits per heavy atom. The van der Waals surface area contributed by atoms with Crippen molar-refractivity contribution in [3.63, 3.8) is 0 Å². The lowest BCUT2D eigenvalue weighted by Crippen LogP contribution is -1.97. The molecule has 0 unspecified atom stereocenters. The van der Waals surface area contributed by atoms with Crippen molar-refractivity contribution in [2.45, 2.75) is 6.92 Å². The summed E-state index contributed by atoms with van der Waals surface area (Å²) < 4.78 is 0. The van der Waals surface area contributed by atoms with Crippen LogP contribution in [0.1, 0.15) is 5.82 Å². The number of hydrogen-bond donors (Lipinski definition) is 0. The number of nitrogens with zero attached hydrogens (tertiary/aromatic N) is 2. The third kappa shape index (κ3) is 3.30. The van der Waals surface area contributed by atoms with Gasteiger partial charge >= 0.3 is 0 Å². The molecule has 0 radical (unpaired) electrons. The van der Waals surface area contributed by atoms with E-state index < -0.39 is 0 Å². The molecule has 29 heavy (non-hydrogen) atoms. The topological polar surface area (TPSA) is 25.8 Å². The molecule has 0 saturated heterocycles. The van der Waals surface area contributed by atoms with Gasteiger partial charge in [-0.05, 0) is 41.3 Å². The van der Waals surface area contributed by atoms with Gasteiger partial charge in [0.25, 0.3) is 0 Å². The van der Waals surface area contributed by atoms with Crippen LogP contribution in [0.3, 0.4) is 0 Å². The van der Waals surface area contributed by atoms with Gasteiger partial charge < -0.3 is 0 Å². The van der Waals surface area contributed by atoms with Gasteiger partial charge in [-0.1, -0.05) is 91.0 Å². The van der Waals surface area contributed by atoms with Gasteiger partial charge in [0.15, 0.2) is 0 Å². The first-order valence-electron chi connectivity index (χ1n) is 9.78. The second-order valence-electron chi connectivity index (χ2n) is 7.14. The molecule has 0 aliphatic rings. The number of benzene rings is 4. The van der Waals surface area contributed by atoms with Crippen LogP contribution >= 0.6 is 0 Å². The number of aryl methyl sites for hydroxylation is 1. The Hall–Kier alpha value is -3.78. The Kier molecular flexibility index (Phi) is 4.38. The molecule has 0 N–H and O–H groups in total. The zero-order valence-corrected chi connectivity index (χ0v) is 16.2. The average molecular weight is 372 g/mol. The summed E-state index contributed by atoms with van der Waals surface area (Å²) in [6, 6.07) is 35.8. The number of rotatable bonds is 3. The summed E-state index contributed by atoms with van der Waals surface area (Å²) in [5, 5.41) is 1.09. The predicted molar refractivity (Wildman–Crippen MR) is 121 cm³/mol. The average Bonchev–Trinajstić information content (AvgIpc) is 2.79. The molecule has 138 valence electrons. The molecule has 2 heteroatoms. The van der Waals surface area contributed by atoms with Crippen molar-refractivity contribution in [1.29, 1.82) is 0 Å². The molecule has 1 heterocycles. The molecular formula is C27H20N2. The molecule has 0 bridgehead atoms. The van der Waals surface area contributed by atoms with E-state index in [0.29, 0.717) is 0 Å². The van der Waals surface area contributed by atoms with Gasteiger partial charge in [0.2, 0.25) is 0 Å². The van der Waals surface area contributed by atoms with E-state index >= 15 is 0 Å². The van der Waals surface area contributed by atoms with Gasteiger partial charge in [0.05, 0.1) is 11.2 Å². The van der Waals surface area contributed by atoms with Crippen LogP contribution < -0.4 is 0 Å². The van der Waals surface area contributed by atoms with Crippen molar-refractivity contribution in [2.75, 3.05) is 0 Å². The summed E-state index contributed by atoms with van der Waals surface area (Å²) in [5.74, 6) is 0.778. The van der Waals surface area contributed by atoms with Gasteiger partial charge in [-0.25, -0.2) is 9.97 Å². The smallest absolute Gasteiger partial charge is 0.126 e. The van der Waals surface area contributed by atoms with Crippen molar-refractivity contribution in [2.24, 2.45) is 0 Å². The van der Waals surface area contributed by atoms with Crippen molar-refractivity contribution < 1.29 is 0 Å². The Balaban J connectivity index is 1.89. The van der Waals surface area contributed by atoms with Crippen LogP contribution in [-0.2, 0) is 0 Å². The predicted octanol–water partition coefficient (Wildman–Crippen LogP) is 6.94. The Labute approximate surface area is 170 Å². The molecule has 0 saturated carbocycles. The summed E-state index contributed by atoms with van der Waals surface area (Å²) in [6.07, 6.45) is 0. The highest BCUT2D eigenvalue weighted by Gasteiger charge is 2.15. The molecular weight excluding hydrogens is 352 g/mol. The van der Waals surface area contributed by atoms with Gasteiger partial charge in [-0.15, -0.1) is 0 Å². The standard InChI is InChI=1S/C27H20N2/c1-19-28-25-18-23(20-11-5-2-6-12-20)17-24(21-13-7-3-8-14-21)26(25)27(29-19)22-15-9-4-10-16-22/h2-18H,1H3. The number of aromatic nitrogens is 2. The molecule has 4 aromatic carbocycles. The van der Waals surface area contributed by atoms with E-state index in [1.165, 1.54) is 11.1 Å². The van der Waals surface area contributed by atoms with Crippen LogP contribution in [0.15, 0.2) is 103 Å². The van der Waals surface area contributed by atoms with E-state index in [-0.39, 0.29) is 0 Å².